The molecule has 0 saturated heterocycles. The number of nitrogens with zero attached hydrogens (tertiary/aromatic N) is 3. The van der Waals surface area contributed by atoms with Gasteiger partial charge in [-0.3, -0.25) is 5.10 Å². The van der Waals surface area contributed by atoms with Crippen molar-refractivity contribution in [3.05, 3.63) is 42.0 Å². The maximum Gasteiger partial charge on any atom is 0.321 e. The topological polar surface area (TPSA) is 73.9 Å². The van der Waals surface area contributed by atoms with E-state index in [1.54, 1.807) is 7.05 Å². The van der Waals surface area contributed by atoms with Gasteiger partial charge in [0.05, 0.1) is 6.54 Å². The zero-order chi connectivity index (χ0) is 13.0. The second kappa shape index (κ2) is 5.31. The number of anilines is 1. The van der Waals surface area contributed by atoms with Gasteiger partial charge in [-0.2, -0.15) is 5.10 Å². The number of aromatic nitrogens is 3. The molecule has 0 spiro atoms. The predicted molar refractivity (Wildman–Crippen MR) is 68.0 cm³/mol. The van der Waals surface area contributed by atoms with Gasteiger partial charge < -0.3 is 10.2 Å². The third-order valence-corrected chi connectivity index (χ3v) is 2.50. The Morgan fingerprint density at radius 1 is 1.39 bits per heavy atom. The number of amides is 2. The lowest BCUT2D eigenvalue weighted by molar-refractivity contribution is 0.219. The molecule has 6 nitrogen and oxygen atoms in total. The summed E-state index contributed by atoms with van der Waals surface area (Å²) in [6.07, 6.45) is 1.42. The summed E-state index contributed by atoms with van der Waals surface area (Å²) in [6.45, 7) is 2.39. The Morgan fingerprint density at radius 2 is 2.11 bits per heavy atom. The van der Waals surface area contributed by atoms with E-state index in [4.69, 9.17) is 0 Å². The number of carbonyl (C=O) groups is 1. The summed E-state index contributed by atoms with van der Waals surface area (Å²) in [4.78, 5) is 17.4. The molecule has 18 heavy (non-hydrogen) atoms. The molecule has 94 valence electrons. The normalized spacial score (nSPS) is 10.1. The van der Waals surface area contributed by atoms with Crippen molar-refractivity contribution in [1.82, 2.24) is 20.1 Å². The number of carbonyl (C=O) groups excluding carboxylic acids is 1. The smallest absolute Gasteiger partial charge is 0.320 e. The highest BCUT2D eigenvalue weighted by Gasteiger charge is 2.10. The van der Waals surface area contributed by atoms with Gasteiger partial charge in [0.25, 0.3) is 0 Å². The lowest BCUT2D eigenvalue weighted by atomic mass is 10.2. The molecule has 0 fully saturated rings. The first-order chi connectivity index (χ1) is 8.65. The largest absolute Gasteiger partial charge is 0.321 e. The second-order valence-electron chi connectivity index (χ2n) is 4.08. The van der Waals surface area contributed by atoms with Crippen molar-refractivity contribution in [2.24, 2.45) is 0 Å². The second-order valence-corrected chi connectivity index (χ2v) is 4.08. The number of benzene rings is 1. The van der Waals surface area contributed by atoms with Gasteiger partial charge >= 0.3 is 6.03 Å². The number of nitrogens with one attached hydrogen (secondary N) is 2. The van der Waals surface area contributed by atoms with Crippen LogP contribution in [0.3, 0.4) is 0 Å². The first kappa shape index (κ1) is 12.1. The molecule has 2 N–H and O–H groups in total. The van der Waals surface area contributed by atoms with Crippen LogP contribution >= 0.6 is 0 Å². The van der Waals surface area contributed by atoms with E-state index in [-0.39, 0.29) is 6.03 Å². The number of urea groups is 1. The molecule has 1 heterocycles. The fraction of sp³-hybridized carbons (Fsp3) is 0.250. The summed E-state index contributed by atoms with van der Waals surface area (Å²) in [5.41, 5.74) is 1.93. The van der Waals surface area contributed by atoms with Crippen LogP contribution in [-0.4, -0.2) is 33.2 Å². The van der Waals surface area contributed by atoms with Crippen molar-refractivity contribution in [1.29, 1.82) is 0 Å². The summed E-state index contributed by atoms with van der Waals surface area (Å²) in [5.74, 6) is 0.650. The van der Waals surface area contributed by atoms with Gasteiger partial charge in [0.15, 0.2) is 0 Å². The fourth-order valence-corrected chi connectivity index (χ4v) is 1.46. The van der Waals surface area contributed by atoms with E-state index in [1.807, 2.05) is 31.2 Å². The van der Waals surface area contributed by atoms with Crippen LogP contribution in [0.1, 0.15) is 11.4 Å². The van der Waals surface area contributed by atoms with Gasteiger partial charge in [-0.15, -0.1) is 0 Å². The van der Waals surface area contributed by atoms with Crippen LogP contribution in [0.15, 0.2) is 30.6 Å². The van der Waals surface area contributed by atoms with Crippen LogP contribution in [0.5, 0.6) is 0 Å². The molecule has 0 aliphatic carbocycles. The van der Waals surface area contributed by atoms with Crippen molar-refractivity contribution in [3.8, 4) is 0 Å². The van der Waals surface area contributed by atoms with Crippen LogP contribution < -0.4 is 5.32 Å². The molecule has 2 aromatic rings. The van der Waals surface area contributed by atoms with Gasteiger partial charge in [-0.1, -0.05) is 17.7 Å². The Hall–Kier alpha value is -2.37. The third-order valence-electron chi connectivity index (χ3n) is 2.50. The molecular weight excluding hydrogens is 230 g/mol. The van der Waals surface area contributed by atoms with Crippen LogP contribution in [0.4, 0.5) is 10.5 Å². The predicted octanol–water partition coefficient (Wildman–Crippen LogP) is 1.78. The number of aromatic amines is 1. The average Bonchev–Trinajstić information content (AvgIpc) is 2.85. The van der Waals surface area contributed by atoms with Crippen LogP contribution in [0.25, 0.3) is 0 Å². The SMILES string of the molecule is Cc1ccc(NC(=O)N(C)Cc2ncn[nH]2)cc1. The standard InChI is InChI=1S/C12H15N5O/c1-9-3-5-10(6-4-9)15-12(18)17(2)7-11-13-8-14-16-11/h3-6,8H,7H2,1-2H3,(H,15,18)(H,13,14,16). The Kier molecular flexibility index (Phi) is 3.57. The van der Waals surface area contributed by atoms with Crippen molar-refractivity contribution in [2.45, 2.75) is 13.5 Å². The van der Waals surface area contributed by atoms with E-state index in [1.165, 1.54) is 11.2 Å². The molecule has 0 radical (unpaired) electrons. The Morgan fingerprint density at radius 3 is 2.72 bits per heavy atom. The van der Waals surface area contributed by atoms with Crippen molar-refractivity contribution in [2.75, 3.05) is 12.4 Å². The van der Waals surface area contributed by atoms with E-state index >= 15 is 0 Å². The highest BCUT2D eigenvalue weighted by molar-refractivity contribution is 5.89. The van der Waals surface area contributed by atoms with Crippen LogP contribution in [0, 0.1) is 6.92 Å². The molecule has 2 rings (SSSR count). The quantitative estimate of drug-likeness (QED) is 0.865. The maximum atomic E-state index is 11.9. The lowest BCUT2D eigenvalue weighted by Crippen LogP contribution is -2.31. The number of rotatable bonds is 3. The maximum absolute atomic E-state index is 11.9. The Bertz CT molecular complexity index is 506. The molecule has 0 unspecified atom stereocenters. The number of aryl methyl sites for hydroxylation is 1. The van der Waals surface area contributed by atoms with E-state index in [0.717, 1.165) is 11.3 Å². The zero-order valence-electron chi connectivity index (χ0n) is 10.3. The fourth-order valence-electron chi connectivity index (χ4n) is 1.46. The van der Waals surface area contributed by atoms with E-state index in [2.05, 4.69) is 20.5 Å². The minimum atomic E-state index is -0.185. The molecule has 0 bridgehead atoms. The average molecular weight is 245 g/mol. The molecule has 0 atom stereocenters. The van der Waals surface area contributed by atoms with Gasteiger partial charge in [0.1, 0.15) is 12.2 Å². The Balaban J connectivity index is 1.93. The molecule has 1 aromatic carbocycles. The van der Waals surface area contributed by atoms with E-state index in [9.17, 15) is 4.79 Å². The highest BCUT2D eigenvalue weighted by Crippen LogP contribution is 2.09. The molecular formula is C12H15N5O. The van der Waals surface area contributed by atoms with Crippen LogP contribution in [0.2, 0.25) is 0 Å². The Labute approximate surface area is 105 Å². The third kappa shape index (κ3) is 3.07. The van der Waals surface area contributed by atoms with Gasteiger partial charge in [0.2, 0.25) is 0 Å². The van der Waals surface area contributed by atoms with Crippen molar-refractivity contribution >= 4 is 11.7 Å². The molecule has 0 aliphatic heterocycles. The summed E-state index contributed by atoms with van der Waals surface area (Å²) in [6, 6.07) is 7.46. The molecule has 2 amide bonds. The van der Waals surface area contributed by atoms with E-state index < -0.39 is 0 Å². The molecule has 6 heteroatoms. The van der Waals surface area contributed by atoms with Crippen molar-refractivity contribution < 1.29 is 4.79 Å². The minimum absolute atomic E-state index is 0.185. The molecule has 0 saturated carbocycles. The van der Waals surface area contributed by atoms with Gasteiger partial charge in [-0.05, 0) is 19.1 Å². The first-order valence-corrected chi connectivity index (χ1v) is 5.58. The number of hydrogen-bond donors (Lipinski definition) is 2. The van der Waals surface area contributed by atoms with E-state index in [0.29, 0.717) is 12.4 Å². The number of hydrogen-bond acceptors (Lipinski definition) is 3. The summed E-state index contributed by atoms with van der Waals surface area (Å²) < 4.78 is 0. The van der Waals surface area contributed by atoms with Crippen LogP contribution in [-0.2, 0) is 6.54 Å². The zero-order valence-corrected chi connectivity index (χ0v) is 10.3. The minimum Gasteiger partial charge on any atom is -0.320 e. The summed E-state index contributed by atoms with van der Waals surface area (Å²) in [7, 11) is 1.70. The lowest BCUT2D eigenvalue weighted by Gasteiger charge is -2.16. The number of H-pyrrole nitrogens is 1. The van der Waals surface area contributed by atoms with Gasteiger partial charge in [-0.25, -0.2) is 9.78 Å². The first-order valence-electron chi connectivity index (χ1n) is 5.58. The van der Waals surface area contributed by atoms with Crippen molar-refractivity contribution in [3.63, 3.8) is 0 Å². The monoisotopic (exact) mass is 245 g/mol. The summed E-state index contributed by atoms with van der Waals surface area (Å²) >= 11 is 0. The molecule has 0 aliphatic rings. The highest BCUT2D eigenvalue weighted by atomic mass is 16.2. The molecule has 1 aromatic heterocycles. The van der Waals surface area contributed by atoms with Gasteiger partial charge in [0, 0.05) is 12.7 Å². The summed E-state index contributed by atoms with van der Waals surface area (Å²) in [5, 5.41) is 9.25.